The molecule has 17 nitrogen and oxygen atoms in total. The lowest BCUT2D eigenvalue weighted by atomic mass is 10.0. The van der Waals surface area contributed by atoms with Crippen molar-refractivity contribution in [2.75, 3.05) is 39.6 Å². The smallest absolute Gasteiger partial charge is 0.462 e. The predicted molar refractivity (Wildman–Crippen MR) is 372 cm³/mol. The molecule has 0 saturated carbocycles. The van der Waals surface area contributed by atoms with E-state index in [9.17, 15) is 43.2 Å². The summed E-state index contributed by atoms with van der Waals surface area (Å²) in [5, 5.41) is 10.6. The fourth-order valence-electron chi connectivity index (χ4n) is 11.2. The van der Waals surface area contributed by atoms with Crippen molar-refractivity contribution in [3.05, 3.63) is 0 Å². The number of carbonyl (C=O) groups is 4. The highest BCUT2D eigenvalue weighted by Crippen LogP contribution is 2.45. The topological polar surface area (TPSA) is 237 Å². The first-order valence-electron chi connectivity index (χ1n) is 38.1. The molecule has 0 aliphatic rings. The number of hydrogen-bond acceptors (Lipinski definition) is 15. The van der Waals surface area contributed by atoms with Crippen LogP contribution in [0.1, 0.15) is 381 Å². The Morgan fingerprint density at radius 3 is 0.739 bits per heavy atom. The number of aliphatic hydroxyl groups excluding tert-OH is 1. The van der Waals surface area contributed by atoms with Crippen molar-refractivity contribution in [1.29, 1.82) is 0 Å². The van der Waals surface area contributed by atoms with E-state index in [1.165, 1.54) is 193 Å². The highest BCUT2D eigenvalue weighted by atomic mass is 31.2. The molecule has 0 spiro atoms. The predicted octanol–water partition coefficient (Wildman–Crippen LogP) is 21.3. The summed E-state index contributed by atoms with van der Waals surface area (Å²) in [5.41, 5.74) is 0. The van der Waals surface area contributed by atoms with E-state index in [1.807, 2.05) is 0 Å². The summed E-state index contributed by atoms with van der Waals surface area (Å²) >= 11 is 0. The Labute approximate surface area is 562 Å². The Bertz CT molecular complexity index is 1770. The minimum atomic E-state index is -4.95. The van der Waals surface area contributed by atoms with Crippen molar-refractivity contribution in [2.24, 2.45) is 5.92 Å². The van der Waals surface area contributed by atoms with Crippen LogP contribution in [0.3, 0.4) is 0 Å². The van der Waals surface area contributed by atoms with Gasteiger partial charge in [0.25, 0.3) is 0 Å². The molecule has 0 aliphatic heterocycles. The summed E-state index contributed by atoms with van der Waals surface area (Å²) in [5.74, 6) is -1.43. The van der Waals surface area contributed by atoms with Crippen molar-refractivity contribution in [3.8, 4) is 0 Å². The van der Waals surface area contributed by atoms with Crippen molar-refractivity contribution in [3.63, 3.8) is 0 Å². The van der Waals surface area contributed by atoms with E-state index >= 15 is 0 Å². The lowest BCUT2D eigenvalue weighted by molar-refractivity contribution is -0.161. The van der Waals surface area contributed by atoms with E-state index in [-0.39, 0.29) is 25.7 Å². The van der Waals surface area contributed by atoms with Gasteiger partial charge in [0.15, 0.2) is 12.2 Å². The number of esters is 4. The van der Waals surface area contributed by atoms with Crippen LogP contribution in [0.4, 0.5) is 0 Å². The molecule has 0 bridgehead atoms. The molecular weight excluding hydrogens is 1210 g/mol. The van der Waals surface area contributed by atoms with Gasteiger partial charge in [-0.1, -0.05) is 330 Å². The van der Waals surface area contributed by atoms with Gasteiger partial charge in [-0.25, -0.2) is 9.13 Å². The molecule has 19 heteroatoms. The van der Waals surface area contributed by atoms with E-state index in [0.717, 1.165) is 103 Å². The maximum Gasteiger partial charge on any atom is 0.472 e. The van der Waals surface area contributed by atoms with Crippen LogP contribution in [-0.2, 0) is 65.4 Å². The minimum Gasteiger partial charge on any atom is -0.462 e. The molecule has 0 aliphatic carbocycles. The molecule has 92 heavy (non-hydrogen) atoms. The first-order chi connectivity index (χ1) is 44.5. The van der Waals surface area contributed by atoms with Crippen LogP contribution < -0.4 is 0 Å². The first kappa shape index (κ1) is 90.1. The number of rotatable bonds is 73. The van der Waals surface area contributed by atoms with Crippen LogP contribution in [0, 0.1) is 5.92 Å². The summed E-state index contributed by atoms with van der Waals surface area (Å²) < 4.78 is 68.2. The monoisotopic (exact) mass is 1350 g/mol. The van der Waals surface area contributed by atoms with Crippen molar-refractivity contribution in [1.82, 2.24) is 0 Å². The molecule has 0 heterocycles. The Morgan fingerprint density at radius 1 is 0.293 bits per heavy atom. The van der Waals surface area contributed by atoms with Crippen LogP contribution in [0.5, 0.6) is 0 Å². The Kier molecular flexibility index (Phi) is 64.9. The van der Waals surface area contributed by atoms with Gasteiger partial charge in [-0.15, -0.1) is 0 Å². The normalized spacial score (nSPS) is 14.0. The average molecular weight is 1350 g/mol. The number of unbranched alkanes of at least 4 members (excludes halogenated alkanes) is 45. The van der Waals surface area contributed by atoms with Crippen molar-refractivity contribution in [2.45, 2.75) is 400 Å². The van der Waals surface area contributed by atoms with Gasteiger partial charge in [-0.3, -0.25) is 37.3 Å². The minimum absolute atomic E-state index is 0.103. The van der Waals surface area contributed by atoms with Gasteiger partial charge < -0.3 is 33.8 Å². The first-order valence-corrected chi connectivity index (χ1v) is 41.1. The summed E-state index contributed by atoms with van der Waals surface area (Å²) in [6.45, 7) is 7.16. The van der Waals surface area contributed by atoms with Crippen molar-refractivity contribution < 1.29 is 80.2 Å². The van der Waals surface area contributed by atoms with Crippen LogP contribution in [0.25, 0.3) is 0 Å². The highest BCUT2D eigenvalue weighted by Gasteiger charge is 2.30. The summed E-state index contributed by atoms with van der Waals surface area (Å²) in [4.78, 5) is 72.5. The largest absolute Gasteiger partial charge is 0.472 e. The number of aliphatic hydroxyl groups is 1. The van der Waals surface area contributed by atoms with Gasteiger partial charge in [-0.2, -0.15) is 0 Å². The molecular formula is C73H142O17P2. The number of phosphoric acid groups is 2. The lowest BCUT2D eigenvalue weighted by Crippen LogP contribution is -2.30. The van der Waals surface area contributed by atoms with Crippen LogP contribution in [-0.4, -0.2) is 96.7 Å². The average Bonchev–Trinajstić information content (AvgIpc) is 1.95. The molecule has 0 fully saturated rings. The fraction of sp³-hybridized carbons (Fsp3) is 0.945. The number of ether oxygens (including phenoxy) is 4. The molecule has 0 aromatic rings. The molecule has 0 radical (unpaired) electrons. The molecule has 2 unspecified atom stereocenters. The summed E-state index contributed by atoms with van der Waals surface area (Å²) in [6, 6.07) is 0. The zero-order valence-corrected chi connectivity index (χ0v) is 61.5. The molecule has 0 saturated heterocycles. The van der Waals surface area contributed by atoms with E-state index in [4.69, 9.17) is 37.0 Å². The van der Waals surface area contributed by atoms with Crippen LogP contribution in [0.2, 0.25) is 0 Å². The van der Waals surface area contributed by atoms with Gasteiger partial charge >= 0.3 is 39.5 Å². The van der Waals surface area contributed by atoms with E-state index in [0.29, 0.717) is 31.6 Å². The quantitative estimate of drug-likeness (QED) is 0.0222. The van der Waals surface area contributed by atoms with E-state index in [2.05, 4.69) is 34.6 Å². The van der Waals surface area contributed by atoms with Gasteiger partial charge in [0.2, 0.25) is 0 Å². The molecule has 3 N–H and O–H groups in total. The van der Waals surface area contributed by atoms with E-state index < -0.39 is 97.5 Å². The third kappa shape index (κ3) is 66.7. The maximum atomic E-state index is 13.1. The Hall–Kier alpha value is -1.94. The third-order valence-electron chi connectivity index (χ3n) is 17.0. The van der Waals surface area contributed by atoms with Gasteiger partial charge in [-0.05, 0) is 31.6 Å². The lowest BCUT2D eigenvalue weighted by Gasteiger charge is -2.21. The highest BCUT2D eigenvalue weighted by molar-refractivity contribution is 7.47. The zero-order valence-electron chi connectivity index (χ0n) is 59.7. The van der Waals surface area contributed by atoms with Gasteiger partial charge in [0.05, 0.1) is 26.4 Å². The van der Waals surface area contributed by atoms with Crippen molar-refractivity contribution >= 4 is 39.5 Å². The van der Waals surface area contributed by atoms with Crippen LogP contribution >= 0.6 is 15.6 Å². The van der Waals surface area contributed by atoms with E-state index in [1.54, 1.807) is 0 Å². The molecule has 5 atom stereocenters. The summed E-state index contributed by atoms with van der Waals surface area (Å²) in [6.07, 6.45) is 54.5. The number of carbonyl (C=O) groups excluding carboxylic acids is 4. The molecule has 546 valence electrons. The SMILES string of the molecule is CCCCCCCCCCCCCCCCCCCCCCCC(=O)O[C@H](COC(=O)CCCCCCCCCCCCCCCC)COP(=O)(O)OC[C@@H](O)COP(=O)(O)OC[C@@H](COC(=O)CCCCCCCCC)OC(=O)CCCCCCCCCC(C)C. The molecule has 0 rings (SSSR count). The second kappa shape index (κ2) is 66.3. The maximum absolute atomic E-state index is 13.1. The number of hydrogen-bond donors (Lipinski definition) is 3. The second-order valence-electron chi connectivity index (χ2n) is 26.8. The molecule has 0 aromatic heterocycles. The zero-order chi connectivity index (χ0) is 67.7. The van der Waals surface area contributed by atoms with Gasteiger partial charge in [0, 0.05) is 25.7 Å². The van der Waals surface area contributed by atoms with Crippen LogP contribution in [0.15, 0.2) is 0 Å². The fourth-order valence-corrected chi connectivity index (χ4v) is 12.8. The van der Waals surface area contributed by atoms with Gasteiger partial charge in [0.1, 0.15) is 19.3 Å². The molecule has 0 amide bonds. The molecule has 0 aromatic carbocycles. The third-order valence-corrected chi connectivity index (χ3v) is 18.9. The Balaban J connectivity index is 5.15. The second-order valence-corrected chi connectivity index (χ2v) is 29.7. The Morgan fingerprint density at radius 2 is 0.500 bits per heavy atom. The standard InChI is InChI=1S/C73H142O17P2/c1-6-9-12-15-18-20-22-24-26-27-28-29-30-31-32-34-36-38-43-48-53-58-72(77)89-69(63-84-71(76)57-52-47-42-37-35-33-25-23-21-19-16-13-10-7-2)65-88-92(81,82)86-61-67(74)60-85-91(79,80)87-64-68(62-83-70(75)56-51-46-40-17-14-11-8-3)90-73(78)59-54-49-44-39-41-45-50-55-66(4)5/h66-69,74H,6-65H2,1-5H3,(H,79,80)(H,81,82)/t67-,68+,69+/m0/s1. The number of phosphoric ester groups is 2. The summed E-state index contributed by atoms with van der Waals surface area (Å²) in [7, 11) is -9.90.